The van der Waals surface area contributed by atoms with Crippen molar-refractivity contribution < 1.29 is 18.3 Å². The number of nitrogens with zero attached hydrogens (tertiary/aromatic N) is 2. The van der Waals surface area contributed by atoms with Crippen LogP contribution in [0.15, 0.2) is 18.2 Å². The Morgan fingerprint density at radius 3 is 2.47 bits per heavy atom. The van der Waals surface area contributed by atoms with Crippen molar-refractivity contribution >= 4 is 5.82 Å². The summed E-state index contributed by atoms with van der Waals surface area (Å²) >= 11 is 0. The van der Waals surface area contributed by atoms with Gasteiger partial charge in [0.15, 0.2) is 0 Å². The summed E-state index contributed by atoms with van der Waals surface area (Å²) in [6.45, 7) is 3.79. The Morgan fingerprint density at radius 2 is 2.00 bits per heavy atom. The largest absolute Gasteiger partial charge is 0.433 e. The van der Waals surface area contributed by atoms with Crippen molar-refractivity contribution in [1.82, 2.24) is 4.98 Å². The molecule has 0 aliphatic carbocycles. The summed E-state index contributed by atoms with van der Waals surface area (Å²) in [6, 6.07) is 3.72. The fourth-order valence-corrected chi connectivity index (χ4v) is 1.49. The van der Waals surface area contributed by atoms with Gasteiger partial charge in [-0.25, -0.2) is 4.98 Å². The van der Waals surface area contributed by atoms with Gasteiger partial charge in [-0.15, -0.1) is 0 Å². The van der Waals surface area contributed by atoms with E-state index in [0.29, 0.717) is 0 Å². The van der Waals surface area contributed by atoms with Crippen molar-refractivity contribution in [3.63, 3.8) is 0 Å². The van der Waals surface area contributed by atoms with Crippen LogP contribution in [0.3, 0.4) is 0 Å². The third-order valence-corrected chi connectivity index (χ3v) is 2.28. The van der Waals surface area contributed by atoms with Gasteiger partial charge in [0.1, 0.15) is 11.5 Å². The van der Waals surface area contributed by atoms with Crippen LogP contribution in [0.1, 0.15) is 19.5 Å². The molecule has 0 saturated heterocycles. The van der Waals surface area contributed by atoms with E-state index < -0.39 is 11.9 Å². The third-order valence-electron chi connectivity index (χ3n) is 2.28. The van der Waals surface area contributed by atoms with Crippen LogP contribution in [0.2, 0.25) is 0 Å². The fraction of sp³-hybridized carbons (Fsp3) is 0.545. The van der Waals surface area contributed by atoms with Gasteiger partial charge in [0.05, 0.1) is 6.61 Å². The van der Waals surface area contributed by atoms with E-state index in [1.807, 2.05) is 13.8 Å². The molecule has 96 valence electrons. The zero-order valence-electron chi connectivity index (χ0n) is 9.70. The van der Waals surface area contributed by atoms with Crippen LogP contribution >= 0.6 is 0 Å². The number of alkyl halides is 3. The first-order valence-electron chi connectivity index (χ1n) is 5.28. The van der Waals surface area contributed by atoms with E-state index in [0.717, 1.165) is 6.07 Å². The molecule has 0 aromatic carbocycles. The summed E-state index contributed by atoms with van der Waals surface area (Å²) < 4.78 is 37.5. The topological polar surface area (TPSA) is 36.4 Å². The molecule has 0 atom stereocenters. The highest BCUT2D eigenvalue weighted by Crippen LogP contribution is 2.29. The number of aliphatic hydroxyl groups excluding tert-OH is 1. The van der Waals surface area contributed by atoms with E-state index in [1.54, 1.807) is 4.90 Å². The molecule has 0 unspecified atom stereocenters. The van der Waals surface area contributed by atoms with E-state index in [2.05, 4.69) is 4.98 Å². The Kier molecular flexibility index (Phi) is 4.34. The van der Waals surface area contributed by atoms with Crippen LogP contribution < -0.4 is 4.90 Å². The molecular weight excluding hydrogens is 233 g/mol. The molecule has 3 nitrogen and oxygen atoms in total. The molecule has 1 aromatic rings. The minimum absolute atomic E-state index is 0.0295. The van der Waals surface area contributed by atoms with Gasteiger partial charge in [-0.2, -0.15) is 13.2 Å². The van der Waals surface area contributed by atoms with E-state index in [1.165, 1.54) is 12.1 Å². The predicted octanol–water partition coefficient (Wildman–Crippen LogP) is 2.31. The summed E-state index contributed by atoms with van der Waals surface area (Å²) in [7, 11) is 0. The van der Waals surface area contributed by atoms with E-state index in [9.17, 15) is 13.2 Å². The molecule has 0 fully saturated rings. The zero-order valence-corrected chi connectivity index (χ0v) is 9.70. The van der Waals surface area contributed by atoms with Crippen molar-refractivity contribution in [1.29, 1.82) is 0 Å². The molecule has 17 heavy (non-hydrogen) atoms. The molecule has 0 saturated carbocycles. The Hall–Kier alpha value is -1.30. The minimum Gasteiger partial charge on any atom is -0.395 e. The van der Waals surface area contributed by atoms with Crippen LogP contribution in [0.5, 0.6) is 0 Å². The molecule has 0 spiro atoms. The number of pyridine rings is 1. The second kappa shape index (κ2) is 5.35. The molecule has 0 radical (unpaired) electrons. The average Bonchev–Trinajstić information content (AvgIpc) is 2.24. The van der Waals surface area contributed by atoms with Crippen LogP contribution in [0, 0.1) is 0 Å². The van der Waals surface area contributed by atoms with Gasteiger partial charge in [-0.1, -0.05) is 6.07 Å². The fourth-order valence-electron chi connectivity index (χ4n) is 1.49. The van der Waals surface area contributed by atoms with Crippen LogP contribution in [0.25, 0.3) is 0 Å². The molecule has 0 amide bonds. The zero-order chi connectivity index (χ0) is 13.1. The first-order valence-corrected chi connectivity index (χ1v) is 5.28. The summed E-state index contributed by atoms with van der Waals surface area (Å²) in [6.07, 6.45) is -4.45. The quantitative estimate of drug-likeness (QED) is 0.888. The van der Waals surface area contributed by atoms with Crippen LogP contribution in [0.4, 0.5) is 19.0 Å². The van der Waals surface area contributed by atoms with Gasteiger partial charge in [0.2, 0.25) is 0 Å². The lowest BCUT2D eigenvalue weighted by Gasteiger charge is -2.27. The lowest BCUT2D eigenvalue weighted by molar-refractivity contribution is -0.141. The van der Waals surface area contributed by atoms with Crippen molar-refractivity contribution in [2.45, 2.75) is 26.1 Å². The van der Waals surface area contributed by atoms with Crippen molar-refractivity contribution in [2.24, 2.45) is 0 Å². The van der Waals surface area contributed by atoms with E-state index in [4.69, 9.17) is 5.11 Å². The average molecular weight is 248 g/mol. The number of anilines is 1. The second-order valence-corrected chi connectivity index (χ2v) is 3.89. The Morgan fingerprint density at radius 1 is 1.35 bits per heavy atom. The van der Waals surface area contributed by atoms with Gasteiger partial charge < -0.3 is 10.0 Å². The van der Waals surface area contributed by atoms with Gasteiger partial charge in [-0.05, 0) is 26.0 Å². The maximum atomic E-state index is 12.5. The smallest absolute Gasteiger partial charge is 0.395 e. The van der Waals surface area contributed by atoms with Gasteiger partial charge in [0.25, 0.3) is 0 Å². The van der Waals surface area contributed by atoms with Crippen molar-refractivity contribution in [3.05, 3.63) is 23.9 Å². The predicted molar refractivity (Wildman–Crippen MR) is 58.8 cm³/mol. The maximum Gasteiger partial charge on any atom is 0.433 e. The van der Waals surface area contributed by atoms with E-state index >= 15 is 0 Å². The summed E-state index contributed by atoms with van der Waals surface area (Å²) in [5, 5.41) is 8.88. The molecule has 1 aromatic heterocycles. The van der Waals surface area contributed by atoms with Gasteiger partial charge >= 0.3 is 6.18 Å². The summed E-state index contributed by atoms with van der Waals surface area (Å²) in [5.41, 5.74) is -0.918. The van der Waals surface area contributed by atoms with Crippen LogP contribution in [-0.2, 0) is 6.18 Å². The molecule has 1 rings (SSSR count). The number of halogens is 3. The van der Waals surface area contributed by atoms with Gasteiger partial charge in [-0.3, -0.25) is 0 Å². The highest BCUT2D eigenvalue weighted by atomic mass is 19.4. The van der Waals surface area contributed by atoms with Crippen molar-refractivity contribution in [3.8, 4) is 0 Å². The number of hydrogen-bond donors (Lipinski definition) is 1. The van der Waals surface area contributed by atoms with Gasteiger partial charge in [0, 0.05) is 12.6 Å². The maximum absolute atomic E-state index is 12.5. The summed E-state index contributed by atoms with van der Waals surface area (Å²) in [4.78, 5) is 5.19. The molecule has 0 bridgehead atoms. The lowest BCUT2D eigenvalue weighted by atomic mass is 10.2. The lowest BCUT2D eigenvalue weighted by Crippen LogP contribution is -2.34. The van der Waals surface area contributed by atoms with Crippen molar-refractivity contribution in [2.75, 3.05) is 18.1 Å². The second-order valence-electron chi connectivity index (χ2n) is 3.89. The molecule has 1 N–H and O–H groups in total. The Labute approximate surface area is 97.9 Å². The van der Waals surface area contributed by atoms with E-state index in [-0.39, 0.29) is 25.0 Å². The minimum atomic E-state index is -4.45. The van der Waals surface area contributed by atoms with Crippen LogP contribution in [-0.4, -0.2) is 29.3 Å². The normalized spacial score (nSPS) is 11.9. The highest BCUT2D eigenvalue weighted by molar-refractivity contribution is 5.40. The SMILES string of the molecule is CC(C)N(CCO)c1cccc(C(F)(F)F)n1. The monoisotopic (exact) mass is 248 g/mol. The first-order chi connectivity index (χ1) is 7.86. The summed E-state index contributed by atoms with van der Waals surface area (Å²) in [5.74, 6) is 0.226. The highest BCUT2D eigenvalue weighted by Gasteiger charge is 2.32. The molecule has 0 aliphatic heterocycles. The molecular formula is C11H15F3N2O. The molecule has 0 aliphatic rings. The Balaban J connectivity index is 3.04. The standard InChI is InChI=1S/C11H15F3N2O/c1-8(2)16(6-7-17)10-5-3-4-9(15-10)11(12,13)14/h3-5,8,17H,6-7H2,1-2H3. The number of aliphatic hydroxyl groups is 1. The molecule has 1 heterocycles. The Bertz CT molecular complexity index is 366. The molecule has 6 heteroatoms. The number of hydrogen-bond acceptors (Lipinski definition) is 3. The number of aromatic nitrogens is 1. The third kappa shape index (κ3) is 3.59. The number of rotatable bonds is 4. The first kappa shape index (κ1) is 13.8.